The molecule has 0 aliphatic carbocycles. The first-order valence-corrected chi connectivity index (χ1v) is 7.91. The number of nitrogen functional groups attached to an aromatic ring is 1. The number of rotatable bonds is 5. The van der Waals surface area contributed by atoms with Gasteiger partial charge in [0.1, 0.15) is 0 Å². The van der Waals surface area contributed by atoms with Crippen LogP contribution in [0.15, 0.2) is 66.9 Å². The lowest BCUT2D eigenvalue weighted by molar-refractivity contribution is -0.117. The molecule has 0 spiro atoms. The Labute approximate surface area is 145 Å². The Balaban J connectivity index is 1.63. The van der Waals surface area contributed by atoms with Gasteiger partial charge in [-0.1, -0.05) is 42.5 Å². The lowest BCUT2D eigenvalue weighted by Gasteiger charge is -2.12. The highest BCUT2D eigenvalue weighted by atomic mass is 16.2. The van der Waals surface area contributed by atoms with Crippen LogP contribution in [-0.4, -0.2) is 21.9 Å². The molecule has 1 heterocycles. The molecule has 1 amide bonds. The van der Waals surface area contributed by atoms with Crippen molar-refractivity contribution in [1.82, 2.24) is 9.97 Å². The fourth-order valence-electron chi connectivity index (χ4n) is 2.45. The van der Waals surface area contributed by atoms with E-state index in [-0.39, 0.29) is 11.9 Å². The highest BCUT2D eigenvalue weighted by molar-refractivity contribution is 5.95. The van der Waals surface area contributed by atoms with Crippen LogP contribution in [0.25, 0.3) is 11.3 Å². The van der Waals surface area contributed by atoms with Crippen molar-refractivity contribution in [2.45, 2.75) is 12.5 Å². The van der Waals surface area contributed by atoms with E-state index in [1.807, 2.05) is 42.5 Å². The van der Waals surface area contributed by atoms with E-state index in [1.165, 1.54) is 0 Å². The molecule has 6 heteroatoms. The van der Waals surface area contributed by atoms with Crippen LogP contribution in [-0.2, 0) is 11.2 Å². The van der Waals surface area contributed by atoms with E-state index in [1.54, 1.807) is 24.4 Å². The highest BCUT2D eigenvalue weighted by Crippen LogP contribution is 2.19. The van der Waals surface area contributed by atoms with Crippen LogP contribution in [0.4, 0.5) is 11.6 Å². The fourth-order valence-corrected chi connectivity index (χ4v) is 2.45. The monoisotopic (exact) mass is 333 g/mol. The Morgan fingerprint density at radius 2 is 1.76 bits per heavy atom. The number of benzene rings is 2. The molecule has 0 fully saturated rings. The zero-order valence-electron chi connectivity index (χ0n) is 13.6. The van der Waals surface area contributed by atoms with Crippen LogP contribution in [0.5, 0.6) is 0 Å². The van der Waals surface area contributed by atoms with E-state index in [0.29, 0.717) is 12.1 Å². The third kappa shape index (κ3) is 4.39. The number of amides is 1. The first-order chi connectivity index (χ1) is 12.1. The Morgan fingerprint density at radius 3 is 2.44 bits per heavy atom. The largest absolute Gasteiger partial charge is 0.368 e. The van der Waals surface area contributed by atoms with Crippen molar-refractivity contribution in [3.63, 3.8) is 0 Å². The van der Waals surface area contributed by atoms with Crippen molar-refractivity contribution in [2.75, 3.05) is 11.1 Å². The number of carbonyl (C=O) groups is 1. The Kier molecular flexibility index (Phi) is 5.01. The first-order valence-electron chi connectivity index (χ1n) is 7.91. The third-order valence-corrected chi connectivity index (χ3v) is 3.76. The molecule has 0 radical (unpaired) electrons. The normalized spacial score (nSPS) is 11.7. The molecule has 0 saturated heterocycles. The van der Waals surface area contributed by atoms with Crippen molar-refractivity contribution < 1.29 is 4.79 Å². The van der Waals surface area contributed by atoms with Crippen molar-refractivity contribution in [3.05, 3.63) is 72.4 Å². The number of nitrogens with one attached hydrogen (secondary N) is 1. The summed E-state index contributed by atoms with van der Waals surface area (Å²) in [6.45, 7) is 0. The van der Waals surface area contributed by atoms with E-state index >= 15 is 0 Å². The summed E-state index contributed by atoms with van der Waals surface area (Å²) in [5, 5.41) is 2.83. The molecule has 6 nitrogen and oxygen atoms in total. The summed E-state index contributed by atoms with van der Waals surface area (Å²) in [5.41, 5.74) is 14.9. The maximum atomic E-state index is 12.2. The van der Waals surface area contributed by atoms with E-state index in [4.69, 9.17) is 11.5 Å². The van der Waals surface area contributed by atoms with E-state index in [9.17, 15) is 4.79 Å². The topological polar surface area (TPSA) is 107 Å². The molecule has 0 bridgehead atoms. The molecule has 0 saturated carbocycles. The van der Waals surface area contributed by atoms with E-state index < -0.39 is 6.04 Å². The lowest BCUT2D eigenvalue weighted by Crippen LogP contribution is -2.37. The van der Waals surface area contributed by atoms with Crippen molar-refractivity contribution >= 4 is 17.5 Å². The third-order valence-electron chi connectivity index (χ3n) is 3.76. The SMILES string of the molecule is Nc1nccc(-c2ccc(NC(=O)[C@H](N)Cc3ccccc3)cc2)n1. The van der Waals surface area contributed by atoms with Gasteiger partial charge in [-0.2, -0.15) is 0 Å². The maximum Gasteiger partial charge on any atom is 0.241 e. The van der Waals surface area contributed by atoms with Crippen LogP contribution in [0.3, 0.4) is 0 Å². The van der Waals surface area contributed by atoms with Crippen LogP contribution >= 0.6 is 0 Å². The van der Waals surface area contributed by atoms with Gasteiger partial charge in [-0.3, -0.25) is 4.79 Å². The smallest absolute Gasteiger partial charge is 0.241 e. The maximum absolute atomic E-state index is 12.2. The van der Waals surface area contributed by atoms with Gasteiger partial charge >= 0.3 is 0 Å². The highest BCUT2D eigenvalue weighted by Gasteiger charge is 2.14. The molecule has 3 rings (SSSR count). The lowest BCUT2D eigenvalue weighted by atomic mass is 10.1. The number of anilines is 2. The first kappa shape index (κ1) is 16.6. The zero-order chi connectivity index (χ0) is 17.6. The summed E-state index contributed by atoms with van der Waals surface area (Å²) in [6, 6.07) is 18.2. The second kappa shape index (κ2) is 7.55. The van der Waals surface area contributed by atoms with Crippen LogP contribution in [0, 0.1) is 0 Å². The molecule has 0 aliphatic heterocycles. The molecule has 2 aromatic carbocycles. The van der Waals surface area contributed by atoms with Gasteiger partial charge in [-0.05, 0) is 30.2 Å². The van der Waals surface area contributed by atoms with Crippen molar-refractivity contribution in [2.24, 2.45) is 5.73 Å². The molecule has 3 aromatic rings. The standard InChI is InChI=1S/C19H19N5O/c20-16(12-13-4-2-1-3-5-13)18(25)23-15-8-6-14(7-9-15)17-10-11-22-19(21)24-17/h1-11,16H,12,20H2,(H,23,25)(H2,21,22,24)/t16-/m1/s1. The molecule has 5 N–H and O–H groups in total. The Hall–Kier alpha value is -3.25. The van der Waals surface area contributed by atoms with Gasteiger partial charge in [0.25, 0.3) is 0 Å². The van der Waals surface area contributed by atoms with Gasteiger partial charge in [-0.25, -0.2) is 9.97 Å². The van der Waals surface area contributed by atoms with Gasteiger partial charge in [0.2, 0.25) is 11.9 Å². The number of carbonyl (C=O) groups excluding carboxylic acids is 1. The van der Waals surface area contributed by atoms with Crippen LogP contribution in [0.1, 0.15) is 5.56 Å². The summed E-state index contributed by atoms with van der Waals surface area (Å²) in [6.07, 6.45) is 2.10. The summed E-state index contributed by atoms with van der Waals surface area (Å²) < 4.78 is 0. The number of aromatic nitrogens is 2. The minimum Gasteiger partial charge on any atom is -0.368 e. The molecular weight excluding hydrogens is 314 g/mol. The molecule has 0 unspecified atom stereocenters. The Bertz CT molecular complexity index is 849. The minimum atomic E-state index is -0.608. The average molecular weight is 333 g/mol. The second-order valence-corrected chi connectivity index (χ2v) is 5.66. The Morgan fingerprint density at radius 1 is 1.04 bits per heavy atom. The number of nitrogens with two attached hydrogens (primary N) is 2. The van der Waals surface area contributed by atoms with Gasteiger partial charge in [-0.15, -0.1) is 0 Å². The van der Waals surface area contributed by atoms with Gasteiger partial charge < -0.3 is 16.8 Å². The summed E-state index contributed by atoms with van der Waals surface area (Å²) in [7, 11) is 0. The number of hydrogen-bond acceptors (Lipinski definition) is 5. The summed E-state index contributed by atoms with van der Waals surface area (Å²) >= 11 is 0. The minimum absolute atomic E-state index is 0.220. The second-order valence-electron chi connectivity index (χ2n) is 5.66. The summed E-state index contributed by atoms with van der Waals surface area (Å²) in [5.74, 6) is 0.00430. The van der Waals surface area contributed by atoms with Crippen LogP contribution < -0.4 is 16.8 Å². The van der Waals surface area contributed by atoms with Gasteiger partial charge in [0, 0.05) is 17.4 Å². The van der Waals surface area contributed by atoms with Crippen molar-refractivity contribution in [1.29, 1.82) is 0 Å². The van der Waals surface area contributed by atoms with Gasteiger partial charge in [0.15, 0.2) is 0 Å². The summed E-state index contributed by atoms with van der Waals surface area (Å²) in [4.78, 5) is 20.3. The van der Waals surface area contributed by atoms with Gasteiger partial charge in [0.05, 0.1) is 11.7 Å². The molecule has 1 aromatic heterocycles. The van der Waals surface area contributed by atoms with Crippen LogP contribution in [0.2, 0.25) is 0 Å². The molecule has 126 valence electrons. The fraction of sp³-hybridized carbons (Fsp3) is 0.105. The molecular formula is C19H19N5O. The molecule has 25 heavy (non-hydrogen) atoms. The van der Waals surface area contributed by atoms with E-state index in [2.05, 4.69) is 15.3 Å². The van der Waals surface area contributed by atoms with Crippen molar-refractivity contribution in [3.8, 4) is 11.3 Å². The number of hydrogen-bond donors (Lipinski definition) is 3. The average Bonchev–Trinajstić information content (AvgIpc) is 2.63. The quantitative estimate of drug-likeness (QED) is 0.664. The molecule has 0 aliphatic rings. The predicted octanol–water partition coefficient (Wildman–Crippen LogP) is 2.23. The molecule has 1 atom stereocenters. The zero-order valence-corrected chi connectivity index (χ0v) is 13.6. The number of nitrogens with zero attached hydrogens (tertiary/aromatic N) is 2. The van der Waals surface area contributed by atoms with E-state index in [0.717, 1.165) is 16.8 Å². The predicted molar refractivity (Wildman–Crippen MR) is 98.6 cm³/mol.